The number of nitrogens with one attached hydrogen (secondary N) is 2. The van der Waals surface area contributed by atoms with Gasteiger partial charge in [-0.1, -0.05) is 29.0 Å². The average molecular weight is 612 g/mol. The van der Waals surface area contributed by atoms with Crippen molar-refractivity contribution in [3.63, 3.8) is 0 Å². The van der Waals surface area contributed by atoms with Crippen molar-refractivity contribution in [2.75, 3.05) is 19.0 Å². The number of anilines is 1. The van der Waals surface area contributed by atoms with Crippen LogP contribution in [0, 0.1) is 29.6 Å². The van der Waals surface area contributed by atoms with Gasteiger partial charge in [-0.25, -0.2) is 0 Å². The Balaban J connectivity index is 1.15. The van der Waals surface area contributed by atoms with Crippen LogP contribution in [0.5, 0.6) is 11.5 Å². The van der Waals surface area contributed by atoms with Crippen molar-refractivity contribution in [2.24, 2.45) is 29.6 Å². The number of aromatic nitrogens is 1. The van der Waals surface area contributed by atoms with Crippen molar-refractivity contribution >= 4 is 58.1 Å². The molecule has 1 aromatic heterocycles. The molecule has 0 spiro atoms. The van der Waals surface area contributed by atoms with E-state index in [0.29, 0.717) is 16.5 Å². The summed E-state index contributed by atoms with van der Waals surface area (Å²) in [6.45, 7) is 0.0330. The molecular formula is C29H26ClN3O6S2. The van der Waals surface area contributed by atoms with Gasteiger partial charge >= 0.3 is 4.87 Å². The smallest absolute Gasteiger partial charge is 0.305 e. The summed E-state index contributed by atoms with van der Waals surface area (Å²) in [5.74, 6) is -1.36. The third-order valence-corrected chi connectivity index (χ3v) is 11.9. The molecular weight excluding hydrogens is 586 g/mol. The summed E-state index contributed by atoms with van der Waals surface area (Å²) < 4.78 is 5.38. The van der Waals surface area contributed by atoms with E-state index in [4.69, 9.17) is 16.3 Å². The predicted octanol–water partition coefficient (Wildman–Crippen LogP) is 4.31. The number of amides is 3. The first-order valence-corrected chi connectivity index (χ1v) is 15.5. The minimum absolute atomic E-state index is 0.00490. The Bertz CT molecular complexity index is 1640. The molecule has 3 amide bonds. The quantitative estimate of drug-likeness (QED) is 0.354. The number of fused-ring (bicyclic) bond motifs is 9. The van der Waals surface area contributed by atoms with E-state index in [2.05, 4.69) is 10.3 Å². The fourth-order valence-corrected chi connectivity index (χ4v) is 10.5. The molecule has 2 bridgehead atoms. The molecule has 41 heavy (non-hydrogen) atoms. The third-order valence-electron chi connectivity index (χ3n) is 9.07. The molecule has 4 aliphatic rings. The number of carbonyl (C=O) groups excluding carboxylic acids is 3. The summed E-state index contributed by atoms with van der Waals surface area (Å²) in [5.41, 5.74) is 1.50. The lowest BCUT2D eigenvalue weighted by atomic mass is 9.68. The Kier molecular flexibility index (Phi) is 6.44. The molecule has 3 fully saturated rings. The Morgan fingerprint density at radius 3 is 2.59 bits per heavy atom. The number of phenols is 1. The maximum atomic E-state index is 13.8. The summed E-state index contributed by atoms with van der Waals surface area (Å²) in [7, 11) is 1.49. The SMILES string of the molecule is COc1cc(C2c3sc(=O)[nH]c3SC3C4CC(C5C(=O)N(CCC(=O)Nc6ccc(Cl)cc6)C(=O)C45)C23)ccc1O. The van der Waals surface area contributed by atoms with Gasteiger partial charge in [0.2, 0.25) is 17.7 Å². The van der Waals surface area contributed by atoms with Crippen molar-refractivity contribution in [1.82, 2.24) is 9.88 Å². The first-order chi connectivity index (χ1) is 19.7. The number of nitrogens with zero attached hydrogens (tertiary/aromatic N) is 1. The predicted molar refractivity (Wildman–Crippen MR) is 155 cm³/mol. The molecule has 7 atom stereocenters. The fourth-order valence-electron chi connectivity index (χ4n) is 7.53. The van der Waals surface area contributed by atoms with Crippen LogP contribution in [0.4, 0.5) is 5.69 Å². The number of ether oxygens (including phenoxy) is 1. The van der Waals surface area contributed by atoms with Gasteiger partial charge in [-0.2, -0.15) is 0 Å². The van der Waals surface area contributed by atoms with Crippen LogP contribution in [-0.2, 0) is 14.4 Å². The van der Waals surface area contributed by atoms with Gasteiger partial charge in [0.25, 0.3) is 0 Å². The molecule has 3 aromatic rings. The number of thiazole rings is 1. The molecule has 7 unspecified atom stereocenters. The van der Waals surface area contributed by atoms with E-state index >= 15 is 0 Å². The van der Waals surface area contributed by atoms with Crippen LogP contribution < -0.4 is 14.9 Å². The Morgan fingerprint density at radius 2 is 1.85 bits per heavy atom. The number of imide groups is 1. The summed E-state index contributed by atoms with van der Waals surface area (Å²) in [6, 6.07) is 12.0. The largest absolute Gasteiger partial charge is 0.504 e. The number of likely N-dealkylation sites (tertiary alicyclic amines) is 1. The third kappa shape index (κ3) is 4.20. The van der Waals surface area contributed by atoms with Gasteiger partial charge in [-0.15, -0.1) is 11.8 Å². The number of benzene rings is 2. The van der Waals surface area contributed by atoms with Crippen molar-refractivity contribution in [2.45, 2.75) is 29.0 Å². The van der Waals surface area contributed by atoms with E-state index in [0.717, 1.165) is 21.9 Å². The summed E-state index contributed by atoms with van der Waals surface area (Å²) in [6.07, 6.45) is 0.774. The molecule has 3 heterocycles. The molecule has 12 heteroatoms. The summed E-state index contributed by atoms with van der Waals surface area (Å²) in [5, 5.41) is 14.4. The van der Waals surface area contributed by atoms with E-state index < -0.39 is 11.8 Å². The number of aromatic amines is 1. The molecule has 9 nitrogen and oxygen atoms in total. The van der Waals surface area contributed by atoms with Gasteiger partial charge in [0.15, 0.2) is 11.5 Å². The maximum absolute atomic E-state index is 13.8. The van der Waals surface area contributed by atoms with Crippen LogP contribution in [0.25, 0.3) is 0 Å². The molecule has 3 N–H and O–H groups in total. The zero-order valence-electron chi connectivity index (χ0n) is 21.8. The number of thioether (sulfide) groups is 1. The number of methoxy groups -OCH3 is 1. The number of phenolic OH excluding ortho intramolecular Hbond substituents is 1. The number of halogens is 1. The highest BCUT2D eigenvalue weighted by Crippen LogP contribution is 2.68. The second-order valence-corrected chi connectivity index (χ2v) is 13.7. The average Bonchev–Trinajstić information content (AvgIpc) is 3.68. The highest BCUT2D eigenvalue weighted by atomic mass is 35.5. The molecule has 2 aromatic carbocycles. The van der Waals surface area contributed by atoms with Crippen LogP contribution in [0.1, 0.15) is 29.2 Å². The molecule has 7 rings (SSSR count). The lowest BCUT2D eigenvalue weighted by Gasteiger charge is -2.43. The normalized spacial score (nSPS) is 29.3. The van der Waals surface area contributed by atoms with E-state index in [1.165, 1.54) is 23.3 Å². The second-order valence-electron chi connectivity index (χ2n) is 11.0. The Morgan fingerprint density at radius 1 is 1.12 bits per heavy atom. The van der Waals surface area contributed by atoms with Crippen LogP contribution in [0.15, 0.2) is 52.3 Å². The standard InChI is InChI=1S/C29H26ClN3O6S2/c1-39-18-10-12(2-7-17(18)34)20-21-15-11-16(24(21)40-26-25(20)41-29(38)32-26)23-22(15)27(36)33(28(23)37)9-8-19(35)31-14-5-3-13(30)4-6-14/h2-7,10,15-16,20-24,34H,8-9,11H2,1H3,(H,31,35)(H,32,38). The van der Waals surface area contributed by atoms with Gasteiger partial charge in [-0.05, 0) is 66.1 Å². The lowest BCUT2D eigenvalue weighted by molar-refractivity contribution is -0.141. The zero-order chi connectivity index (χ0) is 28.6. The van der Waals surface area contributed by atoms with Crippen LogP contribution in [0.2, 0.25) is 5.02 Å². The van der Waals surface area contributed by atoms with Gasteiger partial charge in [-0.3, -0.25) is 24.1 Å². The Hall–Kier alpha value is -3.28. The number of carbonyl (C=O) groups is 3. The van der Waals surface area contributed by atoms with Gasteiger partial charge < -0.3 is 20.1 Å². The van der Waals surface area contributed by atoms with Crippen molar-refractivity contribution in [1.29, 1.82) is 0 Å². The Labute approximate surface area is 248 Å². The van der Waals surface area contributed by atoms with Gasteiger partial charge in [0.1, 0.15) is 0 Å². The van der Waals surface area contributed by atoms with E-state index in [1.54, 1.807) is 48.2 Å². The molecule has 0 radical (unpaired) electrons. The fraction of sp³-hybridized carbons (Fsp3) is 0.379. The first kappa shape index (κ1) is 26.6. The van der Waals surface area contributed by atoms with Crippen molar-refractivity contribution < 1.29 is 24.2 Å². The highest BCUT2D eigenvalue weighted by molar-refractivity contribution is 8.00. The second kappa shape index (κ2) is 9.92. The minimum atomic E-state index is -0.438. The van der Waals surface area contributed by atoms with Crippen LogP contribution in [0.3, 0.4) is 0 Å². The van der Waals surface area contributed by atoms with Crippen LogP contribution >= 0.6 is 34.7 Å². The number of hydrogen-bond acceptors (Lipinski definition) is 8. The minimum Gasteiger partial charge on any atom is -0.504 e. The van der Waals surface area contributed by atoms with E-state index in [9.17, 15) is 24.3 Å². The maximum Gasteiger partial charge on any atom is 0.305 e. The van der Waals surface area contributed by atoms with Gasteiger partial charge in [0, 0.05) is 39.7 Å². The van der Waals surface area contributed by atoms with Gasteiger partial charge in [0.05, 0.1) is 24.0 Å². The van der Waals surface area contributed by atoms with E-state index in [1.807, 2.05) is 6.07 Å². The molecule has 212 valence electrons. The summed E-state index contributed by atoms with van der Waals surface area (Å²) >= 11 is 8.71. The van der Waals surface area contributed by atoms with E-state index in [-0.39, 0.29) is 70.2 Å². The first-order valence-electron chi connectivity index (χ1n) is 13.4. The molecule has 2 aliphatic heterocycles. The molecule has 2 saturated carbocycles. The van der Waals surface area contributed by atoms with Crippen molar-refractivity contribution in [3.05, 3.63) is 67.6 Å². The topological polar surface area (TPSA) is 129 Å². The lowest BCUT2D eigenvalue weighted by Crippen LogP contribution is -2.42. The van der Waals surface area contributed by atoms with Crippen LogP contribution in [-0.4, -0.2) is 51.6 Å². The highest BCUT2D eigenvalue weighted by Gasteiger charge is 2.69. The number of aromatic hydroxyl groups is 1. The monoisotopic (exact) mass is 611 g/mol. The number of H-pyrrole nitrogens is 1. The van der Waals surface area contributed by atoms with Crippen molar-refractivity contribution in [3.8, 4) is 11.5 Å². The molecule has 2 aliphatic carbocycles. The number of hydrogen-bond donors (Lipinski definition) is 3. The molecule has 1 saturated heterocycles. The summed E-state index contributed by atoms with van der Waals surface area (Å²) in [4.78, 5) is 57.5. The number of rotatable bonds is 6. The zero-order valence-corrected chi connectivity index (χ0v) is 24.2.